The molecule has 0 N–H and O–H groups in total. The molecule has 5 rings (SSSR count). The van der Waals surface area contributed by atoms with Crippen LogP contribution in [0.4, 0.5) is 0 Å². The lowest BCUT2D eigenvalue weighted by Crippen LogP contribution is -2.35. The smallest absolute Gasteiger partial charge is 0.173 e. The molecule has 0 bridgehead atoms. The van der Waals surface area contributed by atoms with Crippen molar-refractivity contribution in [3.05, 3.63) is 54.4 Å². The molecule has 0 aliphatic heterocycles. The Morgan fingerprint density at radius 1 is 1.00 bits per heavy atom. The summed E-state index contributed by atoms with van der Waals surface area (Å²) in [5.41, 5.74) is 2.38. The molecule has 2 aliphatic rings. The average molecular weight is 395 g/mol. The standard InChI is InChI=1S/C19H18N2OS.C3H6.C2H6/c1-14-7-8-17(16-6-3-2-5-15(14)16)21-12-11-20-18(21)23-19(13-22)9-4-10-19;1-2-3-1;1-2/h2-3,5-8,11-13H,4,9-10H2,1H3;1-3H2;1-2H3. The Morgan fingerprint density at radius 2 is 1.68 bits per heavy atom. The van der Waals surface area contributed by atoms with Crippen LogP contribution in [0.1, 0.15) is 57.9 Å². The molecule has 2 aromatic carbocycles. The van der Waals surface area contributed by atoms with Crippen LogP contribution in [-0.4, -0.2) is 20.6 Å². The van der Waals surface area contributed by atoms with Crippen molar-refractivity contribution in [2.45, 2.75) is 69.2 Å². The van der Waals surface area contributed by atoms with Gasteiger partial charge < -0.3 is 4.79 Å². The van der Waals surface area contributed by atoms with Crippen LogP contribution < -0.4 is 0 Å². The normalized spacial score (nSPS) is 16.1. The van der Waals surface area contributed by atoms with Crippen molar-refractivity contribution in [1.29, 1.82) is 0 Å². The SMILES string of the molecule is C1CC1.CC.Cc1ccc(-n2ccnc2SC2(C=O)CCC2)c2ccccc12. The van der Waals surface area contributed by atoms with Gasteiger partial charge in [0.1, 0.15) is 6.29 Å². The summed E-state index contributed by atoms with van der Waals surface area (Å²) in [4.78, 5) is 16.0. The van der Waals surface area contributed by atoms with Gasteiger partial charge in [-0.1, -0.05) is 75.2 Å². The maximum atomic E-state index is 11.5. The monoisotopic (exact) mass is 394 g/mol. The van der Waals surface area contributed by atoms with Gasteiger partial charge in [0.15, 0.2) is 5.16 Å². The van der Waals surface area contributed by atoms with E-state index >= 15 is 0 Å². The van der Waals surface area contributed by atoms with Crippen molar-refractivity contribution in [2.75, 3.05) is 0 Å². The molecule has 0 radical (unpaired) electrons. The average Bonchev–Trinajstić information content (AvgIpc) is 3.53. The number of nitrogens with zero attached hydrogens (tertiary/aromatic N) is 2. The number of fused-ring (bicyclic) bond motifs is 1. The van der Waals surface area contributed by atoms with E-state index in [1.807, 2.05) is 26.2 Å². The van der Waals surface area contributed by atoms with Gasteiger partial charge in [-0.15, -0.1) is 0 Å². The summed E-state index contributed by atoms with van der Waals surface area (Å²) in [6.07, 6.45) is 12.4. The predicted molar refractivity (Wildman–Crippen MR) is 120 cm³/mol. The Bertz CT molecular complexity index is 922. The van der Waals surface area contributed by atoms with Crippen LogP contribution in [0.25, 0.3) is 16.5 Å². The van der Waals surface area contributed by atoms with E-state index in [0.29, 0.717) is 0 Å². The highest BCUT2D eigenvalue weighted by Crippen LogP contribution is 2.46. The Kier molecular flexibility index (Phi) is 6.95. The minimum Gasteiger partial charge on any atom is -0.302 e. The molecule has 1 heterocycles. The Hall–Kier alpha value is -2.07. The Labute approximate surface area is 172 Å². The van der Waals surface area contributed by atoms with Gasteiger partial charge in [0.2, 0.25) is 0 Å². The Morgan fingerprint density at radius 3 is 2.25 bits per heavy atom. The van der Waals surface area contributed by atoms with Gasteiger partial charge in [-0.3, -0.25) is 4.57 Å². The van der Waals surface area contributed by atoms with Crippen molar-refractivity contribution >= 4 is 28.8 Å². The minimum absolute atomic E-state index is 0.274. The molecule has 0 saturated heterocycles. The highest BCUT2D eigenvalue weighted by Gasteiger charge is 2.39. The highest BCUT2D eigenvalue weighted by atomic mass is 32.2. The number of aryl methyl sites for hydroxylation is 1. The molecule has 0 unspecified atom stereocenters. The van der Waals surface area contributed by atoms with E-state index in [1.165, 1.54) is 35.6 Å². The summed E-state index contributed by atoms with van der Waals surface area (Å²) in [5, 5.41) is 3.36. The molecule has 2 fully saturated rings. The second kappa shape index (κ2) is 9.42. The zero-order chi connectivity index (χ0) is 20.0. The third kappa shape index (κ3) is 4.49. The number of aromatic nitrogens is 2. The molecule has 3 aromatic rings. The van der Waals surface area contributed by atoms with E-state index in [-0.39, 0.29) is 4.75 Å². The summed E-state index contributed by atoms with van der Waals surface area (Å²) in [6, 6.07) is 12.7. The van der Waals surface area contributed by atoms with Crippen molar-refractivity contribution in [3.8, 4) is 5.69 Å². The van der Waals surface area contributed by atoms with Gasteiger partial charge in [0.25, 0.3) is 0 Å². The van der Waals surface area contributed by atoms with Crippen LogP contribution in [0.2, 0.25) is 0 Å². The number of imidazole rings is 1. The molecular formula is C24H30N2OS. The molecule has 3 nitrogen and oxygen atoms in total. The molecule has 148 valence electrons. The number of aldehydes is 1. The van der Waals surface area contributed by atoms with Gasteiger partial charge in [-0.05, 0) is 43.2 Å². The first-order valence-corrected chi connectivity index (χ1v) is 11.2. The predicted octanol–water partition coefficient (Wildman–Crippen LogP) is 6.74. The number of carbonyl (C=O) groups is 1. The maximum absolute atomic E-state index is 11.5. The molecule has 0 amide bonds. The third-order valence-corrected chi connectivity index (χ3v) is 6.44. The number of thioether (sulfide) groups is 1. The molecule has 0 atom stereocenters. The molecule has 28 heavy (non-hydrogen) atoms. The molecule has 2 saturated carbocycles. The van der Waals surface area contributed by atoms with Gasteiger partial charge in [0.05, 0.1) is 10.4 Å². The number of hydrogen-bond acceptors (Lipinski definition) is 3. The molecule has 2 aliphatic carbocycles. The van der Waals surface area contributed by atoms with Crippen LogP contribution in [0.5, 0.6) is 0 Å². The third-order valence-electron chi connectivity index (χ3n) is 5.05. The topological polar surface area (TPSA) is 34.9 Å². The molecule has 1 aromatic heterocycles. The molecule has 4 heteroatoms. The fourth-order valence-corrected chi connectivity index (χ4v) is 4.42. The highest BCUT2D eigenvalue weighted by molar-refractivity contribution is 8.01. The number of benzene rings is 2. The number of carbonyl (C=O) groups excluding carboxylic acids is 1. The second-order valence-electron chi connectivity index (χ2n) is 7.23. The van der Waals surface area contributed by atoms with Crippen molar-refractivity contribution in [2.24, 2.45) is 0 Å². The van der Waals surface area contributed by atoms with Crippen molar-refractivity contribution in [1.82, 2.24) is 9.55 Å². The first-order valence-electron chi connectivity index (χ1n) is 10.4. The summed E-state index contributed by atoms with van der Waals surface area (Å²) in [7, 11) is 0. The quantitative estimate of drug-likeness (QED) is 0.459. The maximum Gasteiger partial charge on any atom is 0.173 e. The van der Waals surface area contributed by atoms with E-state index in [1.54, 1.807) is 11.8 Å². The minimum atomic E-state index is -0.274. The fourth-order valence-electron chi connectivity index (χ4n) is 3.14. The summed E-state index contributed by atoms with van der Waals surface area (Å²) >= 11 is 1.60. The van der Waals surface area contributed by atoms with Crippen LogP contribution in [0.3, 0.4) is 0 Å². The lowest BCUT2D eigenvalue weighted by molar-refractivity contribution is -0.111. The number of hydrogen-bond donors (Lipinski definition) is 0. The lowest BCUT2D eigenvalue weighted by atomic mass is 9.86. The zero-order valence-corrected chi connectivity index (χ0v) is 18.0. The van der Waals surface area contributed by atoms with Crippen LogP contribution >= 0.6 is 11.8 Å². The fraction of sp³-hybridized carbons (Fsp3) is 0.417. The Balaban J connectivity index is 0.000000402. The number of rotatable bonds is 4. The van der Waals surface area contributed by atoms with Crippen LogP contribution in [-0.2, 0) is 4.79 Å². The summed E-state index contributed by atoms with van der Waals surface area (Å²) in [6.45, 7) is 6.13. The summed E-state index contributed by atoms with van der Waals surface area (Å²) in [5.74, 6) is 0. The van der Waals surface area contributed by atoms with Crippen LogP contribution in [0.15, 0.2) is 53.9 Å². The van der Waals surface area contributed by atoms with Gasteiger partial charge in [-0.2, -0.15) is 0 Å². The largest absolute Gasteiger partial charge is 0.302 e. The summed E-state index contributed by atoms with van der Waals surface area (Å²) < 4.78 is 1.83. The van der Waals surface area contributed by atoms with E-state index in [4.69, 9.17) is 0 Å². The van der Waals surface area contributed by atoms with Gasteiger partial charge in [-0.25, -0.2) is 4.98 Å². The first-order chi connectivity index (χ1) is 13.7. The van der Waals surface area contributed by atoms with Crippen LogP contribution in [0, 0.1) is 6.92 Å². The molecule has 0 spiro atoms. The van der Waals surface area contributed by atoms with E-state index in [9.17, 15) is 4.79 Å². The lowest BCUT2D eigenvalue weighted by Gasteiger charge is -2.35. The molecular weight excluding hydrogens is 364 g/mol. The first kappa shape index (κ1) is 20.7. The zero-order valence-electron chi connectivity index (χ0n) is 17.1. The van der Waals surface area contributed by atoms with E-state index in [2.05, 4.69) is 52.9 Å². The van der Waals surface area contributed by atoms with Gasteiger partial charge in [0, 0.05) is 17.8 Å². The van der Waals surface area contributed by atoms with Crippen molar-refractivity contribution < 1.29 is 4.79 Å². The van der Waals surface area contributed by atoms with Crippen molar-refractivity contribution in [3.63, 3.8) is 0 Å². The van der Waals surface area contributed by atoms with Gasteiger partial charge >= 0.3 is 0 Å². The second-order valence-corrected chi connectivity index (χ2v) is 8.61. The van der Waals surface area contributed by atoms with E-state index < -0.39 is 0 Å². The van der Waals surface area contributed by atoms with E-state index in [0.717, 1.165) is 36.4 Å².